The van der Waals surface area contributed by atoms with E-state index in [4.69, 9.17) is 0 Å². The first-order valence-corrected chi connectivity index (χ1v) is 8.74. The van der Waals surface area contributed by atoms with Gasteiger partial charge in [-0.05, 0) is 37.5 Å². The molecule has 2 heterocycles. The highest BCUT2D eigenvalue weighted by atomic mass is 32.1. The fourth-order valence-electron chi connectivity index (χ4n) is 2.50. The van der Waals surface area contributed by atoms with Gasteiger partial charge in [-0.25, -0.2) is 4.98 Å². The Labute approximate surface area is 145 Å². The standard InChI is InChI=1S/C18H20N4OS/c1-4-13-5-7-14(8-6-13)10-19-18(23)16-9-15(21-22-16)17-11(2)20-12(3)24-17/h5-9H,4,10H2,1-3H3,(H,19,23)(H,21,22). The predicted octanol–water partition coefficient (Wildman–Crippen LogP) is 3.64. The van der Waals surface area contributed by atoms with E-state index in [9.17, 15) is 4.79 Å². The van der Waals surface area contributed by atoms with E-state index in [1.165, 1.54) is 5.56 Å². The summed E-state index contributed by atoms with van der Waals surface area (Å²) in [6, 6.07) is 10.0. The van der Waals surface area contributed by atoms with Gasteiger partial charge in [0.2, 0.25) is 0 Å². The summed E-state index contributed by atoms with van der Waals surface area (Å²) in [5.41, 5.74) is 4.53. The average molecular weight is 340 g/mol. The van der Waals surface area contributed by atoms with E-state index < -0.39 is 0 Å². The predicted molar refractivity (Wildman–Crippen MR) is 96.2 cm³/mol. The maximum Gasteiger partial charge on any atom is 0.272 e. The molecule has 124 valence electrons. The smallest absolute Gasteiger partial charge is 0.272 e. The fourth-order valence-corrected chi connectivity index (χ4v) is 3.39. The van der Waals surface area contributed by atoms with Crippen molar-refractivity contribution in [2.24, 2.45) is 0 Å². The molecule has 6 heteroatoms. The van der Waals surface area contributed by atoms with Crippen molar-refractivity contribution in [3.63, 3.8) is 0 Å². The van der Waals surface area contributed by atoms with E-state index in [2.05, 4.69) is 39.6 Å². The maximum atomic E-state index is 12.3. The Morgan fingerprint density at radius 2 is 1.92 bits per heavy atom. The van der Waals surface area contributed by atoms with Crippen molar-refractivity contribution in [2.45, 2.75) is 33.7 Å². The Morgan fingerprint density at radius 1 is 1.21 bits per heavy atom. The lowest BCUT2D eigenvalue weighted by atomic mass is 10.1. The Hall–Kier alpha value is -2.47. The summed E-state index contributed by atoms with van der Waals surface area (Å²) in [5.74, 6) is -0.184. The summed E-state index contributed by atoms with van der Waals surface area (Å²) in [5, 5.41) is 11.0. The van der Waals surface area contributed by atoms with Gasteiger partial charge in [-0.15, -0.1) is 11.3 Å². The number of aromatic amines is 1. The van der Waals surface area contributed by atoms with Crippen LogP contribution in [0, 0.1) is 13.8 Å². The number of amides is 1. The first kappa shape index (κ1) is 16.4. The summed E-state index contributed by atoms with van der Waals surface area (Å²) in [6.07, 6.45) is 1.01. The van der Waals surface area contributed by atoms with Crippen LogP contribution in [0.15, 0.2) is 30.3 Å². The number of aromatic nitrogens is 3. The van der Waals surface area contributed by atoms with Crippen LogP contribution >= 0.6 is 11.3 Å². The molecule has 0 spiro atoms. The first-order chi connectivity index (χ1) is 11.6. The molecule has 0 atom stereocenters. The Kier molecular flexibility index (Phi) is 4.76. The van der Waals surface area contributed by atoms with Gasteiger partial charge in [-0.1, -0.05) is 31.2 Å². The minimum absolute atomic E-state index is 0.184. The number of carbonyl (C=O) groups is 1. The molecule has 2 aromatic heterocycles. The molecule has 0 bridgehead atoms. The van der Waals surface area contributed by atoms with Gasteiger partial charge in [-0.3, -0.25) is 9.89 Å². The van der Waals surface area contributed by atoms with Crippen molar-refractivity contribution in [3.8, 4) is 10.6 Å². The molecule has 0 aliphatic heterocycles. The summed E-state index contributed by atoms with van der Waals surface area (Å²) >= 11 is 1.59. The molecule has 0 radical (unpaired) electrons. The molecule has 1 aromatic carbocycles. The first-order valence-electron chi connectivity index (χ1n) is 7.92. The van der Waals surface area contributed by atoms with Gasteiger partial charge in [-0.2, -0.15) is 5.10 Å². The molecule has 0 fully saturated rings. The van der Waals surface area contributed by atoms with Crippen molar-refractivity contribution in [1.29, 1.82) is 0 Å². The highest BCUT2D eigenvalue weighted by Crippen LogP contribution is 2.28. The third kappa shape index (κ3) is 3.54. The number of aryl methyl sites for hydroxylation is 3. The van der Waals surface area contributed by atoms with Gasteiger partial charge in [0.1, 0.15) is 0 Å². The molecule has 3 rings (SSSR count). The lowest BCUT2D eigenvalue weighted by Gasteiger charge is -2.04. The number of hydrogen-bond acceptors (Lipinski definition) is 4. The number of nitrogens with one attached hydrogen (secondary N) is 2. The normalized spacial score (nSPS) is 10.8. The minimum atomic E-state index is -0.184. The Balaban J connectivity index is 1.66. The quantitative estimate of drug-likeness (QED) is 0.745. The summed E-state index contributed by atoms with van der Waals surface area (Å²) in [4.78, 5) is 17.7. The second-order valence-corrected chi connectivity index (χ2v) is 6.87. The number of nitrogens with zero attached hydrogens (tertiary/aromatic N) is 2. The van der Waals surface area contributed by atoms with Gasteiger partial charge in [0.25, 0.3) is 5.91 Å². The zero-order chi connectivity index (χ0) is 17.1. The van der Waals surface area contributed by atoms with Crippen molar-refractivity contribution in [1.82, 2.24) is 20.5 Å². The lowest BCUT2D eigenvalue weighted by Crippen LogP contribution is -2.23. The molecule has 1 amide bonds. The van der Waals surface area contributed by atoms with Crippen LogP contribution in [-0.4, -0.2) is 21.1 Å². The number of H-pyrrole nitrogens is 1. The van der Waals surface area contributed by atoms with Crippen molar-refractivity contribution >= 4 is 17.2 Å². The minimum Gasteiger partial charge on any atom is -0.347 e. The highest BCUT2D eigenvalue weighted by molar-refractivity contribution is 7.15. The molecule has 0 unspecified atom stereocenters. The largest absolute Gasteiger partial charge is 0.347 e. The van der Waals surface area contributed by atoms with E-state index in [0.29, 0.717) is 12.2 Å². The molecule has 0 saturated heterocycles. The second-order valence-electron chi connectivity index (χ2n) is 5.67. The highest BCUT2D eigenvalue weighted by Gasteiger charge is 2.14. The number of benzene rings is 1. The van der Waals surface area contributed by atoms with Crippen molar-refractivity contribution in [2.75, 3.05) is 0 Å². The van der Waals surface area contributed by atoms with Crippen LogP contribution in [-0.2, 0) is 13.0 Å². The summed E-state index contributed by atoms with van der Waals surface area (Å²) < 4.78 is 0. The van der Waals surface area contributed by atoms with Crippen LogP contribution in [0.1, 0.15) is 39.2 Å². The molecule has 3 aromatic rings. The van der Waals surface area contributed by atoms with Crippen LogP contribution in [0.3, 0.4) is 0 Å². The van der Waals surface area contributed by atoms with Crippen LogP contribution in [0.2, 0.25) is 0 Å². The maximum absolute atomic E-state index is 12.3. The molecule has 2 N–H and O–H groups in total. The number of carbonyl (C=O) groups excluding carboxylic acids is 1. The van der Waals surface area contributed by atoms with Crippen molar-refractivity contribution < 1.29 is 4.79 Å². The van der Waals surface area contributed by atoms with Gasteiger partial charge in [0, 0.05) is 6.54 Å². The monoisotopic (exact) mass is 340 g/mol. The number of thiazole rings is 1. The fraction of sp³-hybridized carbons (Fsp3) is 0.278. The molecular weight excluding hydrogens is 320 g/mol. The molecule has 5 nitrogen and oxygen atoms in total. The van der Waals surface area contributed by atoms with Crippen LogP contribution in [0.25, 0.3) is 10.6 Å². The van der Waals surface area contributed by atoms with E-state index >= 15 is 0 Å². The van der Waals surface area contributed by atoms with E-state index in [0.717, 1.165) is 33.3 Å². The third-order valence-electron chi connectivity index (χ3n) is 3.84. The van der Waals surface area contributed by atoms with E-state index in [1.54, 1.807) is 17.4 Å². The van der Waals surface area contributed by atoms with Crippen LogP contribution < -0.4 is 5.32 Å². The number of rotatable bonds is 5. The van der Waals surface area contributed by atoms with E-state index in [1.807, 2.05) is 26.0 Å². The summed E-state index contributed by atoms with van der Waals surface area (Å²) in [6.45, 7) is 6.54. The summed E-state index contributed by atoms with van der Waals surface area (Å²) in [7, 11) is 0. The van der Waals surface area contributed by atoms with Gasteiger partial charge < -0.3 is 5.32 Å². The second kappa shape index (κ2) is 6.97. The average Bonchev–Trinajstić information content (AvgIpc) is 3.19. The zero-order valence-corrected chi connectivity index (χ0v) is 14.8. The third-order valence-corrected chi connectivity index (χ3v) is 4.95. The molecule has 0 saturated carbocycles. The van der Waals surface area contributed by atoms with Crippen LogP contribution in [0.5, 0.6) is 0 Å². The topological polar surface area (TPSA) is 70.7 Å². The molecule has 0 aliphatic rings. The van der Waals surface area contributed by atoms with E-state index in [-0.39, 0.29) is 5.91 Å². The molecular formula is C18H20N4OS. The van der Waals surface area contributed by atoms with Gasteiger partial charge in [0.15, 0.2) is 5.69 Å². The van der Waals surface area contributed by atoms with Gasteiger partial charge >= 0.3 is 0 Å². The van der Waals surface area contributed by atoms with Crippen molar-refractivity contribution in [3.05, 3.63) is 57.9 Å². The zero-order valence-electron chi connectivity index (χ0n) is 14.0. The number of hydrogen-bond donors (Lipinski definition) is 2. The Morgan fingerprint density at radius 3 is 2.54 bits per heavy atom. The molecule has 24 heavy (non-hydrogen) atoms. The lowest BCUT2D eigenvalue weighted by molar-refractivity contribution is 0.0946. The van der Waals surface area contributed by atoms with Gasteiger partial charge in [0.05, 0.1) is 21.3 Å². The SMILES string of the molecule is CCc1ccc(CNC(=O)c2cc(-c3sc(C)nc3C)[nH]n2)cc1. The molecule has 0 aliphatic carbocycles. The Bertz CT molecular complexity index is 848. The van der Waals surface area contributed by atoms with Crippen LogP contribution in [0.4, 0.5) is 0 Å².